The highest BCUT2D eigenvalue weighted by molar-refractivity contribution is 7.99. The average Bonchev–Trinajstić information content (AvgIpc) is 3.06. The maximum Gasteiger partial charge on any atom is 0.239 e. The smallest absolute Gasteiger partial charge is 0.239 e. The molecule has 4 rings (SSSR count). The number of thioether (sulfide) groups is 1. The summed E-state index contributed by atoms with van der Waals surface area (Å²) in [7, 11) is 0. The Balaban J connectivity index is 1.47. The second kappa shape index (κ2) is 7.31. The standard InChI is InChI=1S/C20H18F2N2O2S/c21-15-6-5-12(11-16(15)22)24-9-7-14(20(24)26)19(25)23-17-8-10-27-18-4-2-1-3-13(17)18/h1-6,11,14,17H,7-10H2,(H,23,25)/t14-,17+/m1/s1. The summed E-state index contributed by atoms with van der Waals surface area (Å²) in [5.74, 6) is -2.56. The molecule has 0 aliphatic carbocycles. The fourth-order valence-corrected chi connectivity index (χ4v) is 4.72. The third-order valence-corrected chi connectivity index (χ3v) is 6.13. The number of fused-ring (bicyclic) bond motifs is 1. The van der Waals surface area contributed by atoms with Crippen molar-refractivity contribution < 1.29 is 18.4 Å². The number of carbonyl (C=O) groups excluding carboxylic acids is 2. The maximum atomic E-state index is 13.5. The van der Waals surface area contributed by atoms with Crippen molar-refractivity contribution in [2.24, 2.45) is 5.92 Å². The molecule has 0 spiro atoms. The minimum Gasteiger partial charge on any atom is -0.349 e. The molecule has 0 unspecified atom stereocenters. The van der Waals surface area contributed by atoms with Gasteiger partial charge in [0.25, 0.3) is 0 Å². The molecule has 4 nitrogen and oxygen atoms in total. The van der Waals surface area contributed by atoms with Crippen LogP contribution >= 0.6 is 11.8 Å². The molecule has 2 atom stereocenters. The van der Waals surface area contributed by atoms with Crippen LogP contribution in [0.4, 0.5) is 14.5 Å². The van der Waals surface area contributed by atoms with Crippen molar-refractivity contribution in [1.82, 2.24) is 5.32 Å². The lowest BCUT2D eigenvalue weighted by Crippen LogP contribution is -2.39. The number of carbonyl (C=O) groups is 2. The molecule has 1 saturated heterocycles. The molecule has 2 aliphatic heterocycles. The van der Waals surface area contributed by atoms with Crippen LogP contribution in [-0.2, 0) is 9.59 Å². The zero-order chi connectivity index (χ0) is 19.0. The second-order valence-electron chi connectivity index (χ2n) is 6.67. The number of anilines is 1. The molecule has 0 aromatic heterocycles. The van der Waals surface area contributed by atoms with Crippen LogP contribution in [-0.4, -0.2) is 24.1 Å². The van der Waals surface area contributed by atoms with Gasteiger partial charge in [-0.3, -0.25) is 9.59 Å². The Bertz CT molecular complexity index is 905. The van der Waals surface area contributed by atoms with Gasteiger partial charge in [0.2, 0.25) is 11.8 Å². The van der Waals surface area contributed by atoms with Crippen LogP contribution in [0, 0.1) is 17.6 Å². The lowest BCUT2D eigenvalue weighted by Gasteiger charge is -2.26. The van der Waals surface area contributed by atoms with Crippen molar-refractivity contribution in [3.05, 3.63) is 59.7 Å². The lowest BCUT2D eigenvalue weighted by atomic mass is 10.0. The van der Waals surface area contributed by atoms with Crippen LogP contribution in [0.2, 0.25) is 0 Å². The summed E-state index contributed by atoms with van der Waals surface area (Å²) in [6.45, 7) is 0.305. The highest BCUT2D eigenvalue weighted by atomic mass is 32.2. The molecule has 7 heteroatoms. The highest BCUT2D eigenvalue weighted by Crippen LogP contribution is 2.36. The first-order chi connectivity index (χ1) is 13.0. The Morgan fingerprint density at radius 1 is 1.11 bits per heavy atom. The quantitative estimate of drug-likeness (QED) is 0.817. The molecule has 2 amide bonds. The number of benzene rings is 2. The Kier molecular flexibility index (Phi) is 4.86. The van der Waals surface area contributed by atoms with Gasteiger partial charge in [-0.25, -0.2) is 8.78 Å². The van der Waals surface area contributed by atoms with Crippen molar-refractivity contribution in [3.63, 3.8) is 0 Å². The van der Waals surface area contributed by atoms with E-state index in [0.717, 1.165) is 34.8 Å². The van der Waals surface area contributed by atoms with Gasteiger partial charge in [0.15, 0.2) is 11.6 Å². The molecule has 2 aromatic rings. The first kappa shape index (κ1) is 18.0. The molecule has 0 saturated carbocycles. The predicted octanol–water partition coefficient (Wildman–Crippen LogP) is 3.67. The van der Waals surface area contributed by atoms with Crippen molar-refractivity contribution in [2.45, 2.75) is 23.8 Å². The molecule has 140 valence electrons. The lowest BCUT2D eigenvalue weighted by molar-refractivity contribution is -0.132. The normalized spacial score (nSPS) is 21.9. The zero-order valence-corrected chi connectivity index (χ0v) is 15.3. The van der Waals surface area contributed by atoms with E-state index in [4.69, 9.17) is 0 Å². The van der Waals surface area contributed by atoms with Crippen LogP contribution in [0.15, 0.2) is 47.4 Å². The molecular weight excluding hydrogens is 370 g/mol. The van der Waals surface area contributed by atoms with Crippen LogP contribution < -0.4 is 10.2 Å². The number of nitrogens with zero attached hydrogens (tertiary/aromatic N) is 1. The third kappa shape index (κ3) is 3.43. The van der Waals surface area contributed by atoms with Crippen molar-refractivity contribution in [2.75, 3.05) is 17.2 Å². The van der Waals surface area contributed by atoms with Gasteiger partial charge < -0.3 is 10.2 Å². The van der Waals surface area contributed by atoms with E-state index in [0.29, 0.717) is 13.0 Å². The van der Waals surface area contributed by atoms with E-state index in [1.54, 1.807) is 11.8 Å². The number of rotatable bonds is 3. The van der Waals surface area contributed by atoms with Gasteiger partial charge >= 0.3 is 0 Å². The van der Waals surface area contributed by atoms with Gasteiger partial charge in [-0.05, 0) is 36.6 Å². The van der Waals surface area contributed by atoms with E-state index in [1.165, 1.54) is 11.0 Å². The molecule has 27 heavy (non-hydrogen) atoms. The summed E-state index contributed by atoms with van der Waals surface area (Å²) in [6, 6.07) is 11.2. The summed E-state index contributed by atoms with van der Waals surface area (Å²) >= 11 is 1.76. The third-order valence-electron chi connectivity index (χ3n) is 5.01. The van der Waals surface area contributed by atoms with E-state index >= 15 is 0 Å². The fraction of sp³-hybridized carbons (Fsp3) is 0.300. The monoisotopic (exact) mass is 388 g/mol. The zero-order valence-electron chi connectivity index (χ0n) is 14.5. The summed E-state index contributed by atoms with van der Waals surface area (Å²) in [4.78, 5) is 27.9. The SMILES string of the molecule is O=C(N[C@H]1CCSc2ccccc21)[C@H]1CCN(c2ccc(F)c(F)c2)C1=O. The number of hydrogen-bond acceptors (Lipinski definition) is 3. The van der Waals surface area contributed by atoms with Gasteiger partial charge in [-0.1, -0.05) is 18.2 Å². The van der Waals surface area contributed by atoms with Crippen molar-refractivity contribution in [3.8, 4) is 0 Å². The van der Waals surface area contributed by atoms with Crippen LogP contribution in [0.25, 0.3) is 0 Å². The van der Waals surface area contributed by atoms with Gasteiger partial charge in [-0.2, -0.15) is 0 Å². The first-order valence-corrected chi connectivity index (χ1v) is 9.81. The van der Waals surface area contributed by atoms with Gasteiger partial charge in [0.05, 0.1) is 6.04 Å². The Hall–Kier alpha value is -2.41. The largest absolute Gasteiger partial charge is 0.349 e. The van der Waals surface area contributed by atoms with Gasteiger partial charge in [-0.15, -0.1) is 11.8 Å². The van der Waals surface area contributed by atoms with Crippen LogP contribution in [0.5, 0.6) is 0 Å². The fourth-order valence-electron chi connectivity index (χ4n) is 3.60. The summed E-state index contributed by atoms with van der Waals surface area (Å²) < 4.78 is 26.6. The predicted molar refractivity (Wildman–Crippen MR) is 99.5 cm³/mol. The number of halogens is 2. The van der Waals surface area contributed by atoms with E-state index in [9.17, 15) is 18.4 Å². The summed E-state index contributed by atoms with van der Waals surface area (Å²) in [5, 5.41) is 3.01. The first-order valence-electron chi connectivity index (χ1n) is 8.83. The molecule has 1 fully saturated rings. The van der Waals surface area contributed by atoms with E-state index in [2.05, 4.69) is 5.32 Å². The van der Waals surface area contributed by atoms with Gasteiger partial charge in [0.1, 0.15) is 5.92 Å². The molecular formula is C20H18F2N2O2S. The van der Waals surface area contributed by atoms with E-state index in [-0.39, 0.29) is 23.5 Å². The minimum atomic E-state index is -1.01. The molecule has 1 N–H and O–H groups in total. The molecule has 0 bridgehead atoms. The minimum absolute atomic E-state index is 0.111. The van der Waals surface area contributed by atoms with Crippen LogP contribution in [0.3, 0.4) is 0 Å². The molecule has 2 aliphatic rings. The van der Waals surface area contributed by atoms with E-state index in [1.807, 2.05) is 24.3 Å². The Morgan fingerprint density at radius 3 is 2.74 bits per heavy atom. The topological polar surface area (TPSA) is 49.4 Å². The Labute approximate surface area is 159 Å². The average molecular weight is 388 g/mol. The highest BCUT2D eigenvalue weighted by Gasteiger charge is 2.39. The van der Waals surface area contributed by atoms with Crippen molar-refractivity contribution in [1.29, 1.82) is 0 Å². The molecule has 2 aromatic carbocycles. The molecule has 2 heterocycles. The molecule has 0 radical (unpaired) electrons. The van der Waals surface area contributed by atoms with Gasteiger partial charge in [0, 0.05) is 28.9 Å². The van der Waals surface area contributed by atoms with E-state index < -0.39 is 17.6 Å². The Morgan fingerprint density at radius 2 is 1.93 bits per heavy atom. The number of hydrogen-bond donors (Lipinski definition) is 1. The second-order valence-corrected chi connectivity index (χ2v) is 7.80. The van der Waals surface area contributed by atoms with Crippen LogP contribution in [0.1, 0.15) is 24.4 Å². The number of amides is 2. The number of nitrogens with one attached hydrogen (secondary N) is 1. The van der Waals surface area contributed by atoms with Crippen molar-refractivity contribution >= 4 is 29.3 Å². The summed E-state index contributed by atoms with van der Waals surface area (Å²) in [5.41, 5.74) is 1.35. The maximum absolute atomic E-state index is 13.5. The summed E-state index contributed by atoms with van der Waals surface area (Å²) in [6.07, 6.45) is 1.16.